The van der Waals surface area contributed by atoms with Crippen LogP contribution in [-0.4, -0.2) is 62.3 Å². The van der Waals surface area contributed by atoms with E-state index >= 15 is 0 Å². The van der Waals surface area contributed by atoms with Crippen molar-refractivity contribution in [3.63, 3.8) is 0 Å². The number of alkyl halides is 12. The summed E-state index contributed by atoms with van der Waals surface area (Å²) in [5.74, 6) is -0.295. The molecule has 0 aromatic heterocycles. The van der Waals surface area contributed by atoms with E-state index in [1.54, 1.807) is 27.7 Å². The second-order valence-corrected chi connectivity index (χ2v) is 37.6. The predicted molar refractivity (Wildman–Crippen MR) is 132 cm³/mol. The Bertz CT molecular complexity index is 574. The van der Waals surface area contributed by atoms with Crippen LogP contribution in [0.25, 0.3) is 0 Å². The molecule has 0 amide bonds. The van der Waals surface area contributed by atoms with E-state index in [0.29, 0.717) is 0 Å². The van der Waals surface area contributed by atoms with Crippen molar-refractivity contribution in [2.24, 2.45) is 11.8 Å². The van der Waals surface area contributed by atoms with Crippen LogP contribution in [-0.2, 0) is 1.41 Å². The summed E-state index contributed by atoms with van der Waals surface area (Å²) in [5.41, 5.74) is 0. The quantitative estimate of drug-likeness (QED) is 0.0990. The van der Waals surface area contributed by atoms with E-state index in [1.165, 1.54) is 0 Å². The van der Waals surface area contributed by atoms with Crippen molar-refractivity contribution in [3.8, 4) is 0 Å². The van der Waals surface area contributed by atoms with Gasteiger partial charge in [0.1, 0.15) is 0 Å². The molecule has 0 aliphatic carbocycles. The van der Waals surface area contributed by atoms with Crippen LogP contribution in [0.1, 0.15) is 79.1 Å². The minimum absolute atomic E-state index is 0.0560. The van der Waals surface area contributed by atoms with Gasteiger partial charge in [0.25, 0.3) is 0 Å². The average molecular weight is 812 g/mol. The molecule has 0 unspecified atom stereocenters. The van der Waals surface area contributed by atoms with Gasteiger partial charge in [-0.1, -0.05) is 0 Å². The van der Waals surface area contributed by atoms with Gasteiger partial charge in [-0.05, 0) is 0 Å². The van der Waals surface area contributed by atoms with Crippen molar-refractivity contribution in [2.45, 2.75) is 130 Å². The molecule has 0 aromatic rings. The third-order valence-corrected chi connectivity index (χ3v) is 48.8. The van der Waals surface area contributed by atoms with Gasteiger partial charge in [-0.3, -0.25) is 0 Å². The van der Waals surface area contributed by atoms with Gasteiger partial charge in [-0.2, -0.15) is 0 Å². The van der Waals surface area contributed by atoms with Gasteiger partial charge in [0.2, 0.25) is 0 Å². The van der Waals surface area contributed by atoms with Crippen molar-refractivity contribution < 1.29 is 54.1 Å². The molecule has 0 saturated heterocycles. The fraction of sp³-hybridized carbons (Fsp3) is 1.00. The van der Waals surface area contributed by atoms with Crippen LogP contribution < -0.4 is 0 Å². The molecule has 1 nitrogen and oxygen atoms in total. The molecule has 0 atom stereocenters. The van der Waals surface area contributed by atoms with Gasteiger partial charge < -0.3 is 0 Å². The summed E-state index contributed by atoms with van der Waals surface area (Å²) in [6, 6.07) is 0. The van der Waals surface area contributed by atoms with Crippen molar-refractivity contribution in [3.05, 3.63) is 0 Å². The molecule has 15 heteroatoms. The van der Waals surface area contributed by atoms with Gasteiger partial charge in [0, 0.05) is 0 Å². The summed E-state index contributed by atoms with van der Waals surface area (Å²) in [6.45, 7) is 7.04. The van der Waals surface area contributed by atoms with Crippen LogP contribution in [0.3, 0.4) is 0 Å². The molecular formula is C24H42F12OSn2. The summed E-state index contributed by atoms with van der Waals surface area (Å²) in [4.78, 5) is 0. The molecule has 0 fully saturated rings. The third-order valence-electron chi connectivity index (χ3n) is 6.36. The Balaban J connectivity index is 6.49. The summed E-state index contributed by atoms with van der Waals surface area (Å²) in [7, 11) is 0. The SMILES string of the molecule is CC(C)[CH2][Sn]([CH2]CCC(F)(F)F)([CH2]CCC(F)(F)F)[O][Sn]([CH2]CCC(F)(F)F)([CH2]CCC(F)(F)F)[CH2]C(C)C. The van der Waals surface area contributed by atoms with E-state index in [0.717, 1.165) is 0 Å². The zero-order chi connectivity index (χ0) is 30.8. The monoisotopic (exact) mass is 814 g/mol. The third kappa shape index (κ3) is 22.0. The maximum absolute atomic E-state index is 13.0. The summed E-state index contributed by atoms with van der Waals surface area (Å²) in [5, 5.41) is 0. The van der Waals surface area contributed by atoms with Gasteiger partial charge in [0.05, 0.1) is 0 Å². The molecule has 0 aliphatic rings. The maximum atomic E-state index is 13.0. The van der Waals surface area contributed by atoms with Crippen molar-refractivity contribution >= 4 is 37.6 Å². The van der Waals surface area contributed by atoms with E-state index in [-0.39, 0.29) is 64.1 Å². The first-order chi connectivity index (χ1) is 17.4. The molecule has 0 saturated carbocycles. The molecule has 0 rings (SSSR count). The predicted octanol–water partition coefficient (Wildman–Crippen LogP) is 11.6. The molecule has 0 heterocycles. The fourth-order valence-electron chi connectivity index (χ4n) is 5.34. The zero-order valence-corrected chi connectivity index (χ0v) is 28.7. The molecule has 0 aromatic carbocycles. The standard InChI is InChI=1S/4C4H6F3.2C4H9.O.2Sn/c4*1-2-3-4(5,6)7;2*1-4(2)3;;;/h4*1-3H2;2*4H,1H2,2-3H3;;;. The van der Waals surface area contributed by atoms with E-state index in [2.05, 4.69) is 0 Å². The average Bonchev–Trinajstić information content (AvgIpc) is 2.62. The van der Waals surface area contributed by atoms with Gasteiger partial charge in [0.15, 0.2) is 0 Å². The molecule has 0 aliphatic heterocycles. The van der Waals surface area contributed by atoms with E-state index in [4.69, 9.17) is 1.41 Å². The first kappa shape index (κ1) is 39.7. The second kappa shape index (κ2) is 16.5. The minimum atomic E-state index is -4.50. The van der Waals surface area contributed by atoms with Crippen LogP contribution in [0.4, 0.5) is 52.7 Å². The Hall–Kier alpha value is 0.717. The Morgan fingerprint density at radius 1 is 0.436 bits per heavy atom. The topological polar surface area (TPSA) is 9.23 Å². The summed E-state index contributed by atoms with van der Waals surface area (Å²) >= 11 is -8.83. The first-order valence-electron chi connectivity index (χ1n) is 13.3. The number of halogens is 12. The van der Waals surface area contributed by atoms with Gasteiger partial charge in [-0.15, -0.1) is 0 Å². The number of rotatable bonds is 18. The van der Waals surface area contributed by atoms with Crippen LogP contribution in [0.5, 0.6) is 0 Å². The summed E-state index contributed by atoms with van der Waals surface area (Å²) < 4.78 is 163. The first-order valence-corrected chi connectivity index (χ1v) is 27.8. The van der Waals surface area contributed by atoms with Crippen molar-refractivity contribution in [1.29, 1.82) is 0 Å². The van der Waals surface area contributed by atoms with E-state index in [1.807, 2.05) is 0 Å². The van der Waals surface area contributed by atoms with Gasteiger partial charge in [-0.25, -0.2) is 0 Å². The Labute approximate surface area is 233 Å². The molecular weight excluding hydrogens is 770 g/mol. The van der Waals surface area contributed by atoms with Crippen LogP contribution in [0.2, 0.25) is 26.6 Å². The van der Waals surface area contributed by atoms with E-state index < -0.39 is 88.0 Å². The van der Waals surface area contributed by atoms with E-state index in [9.17, 15) is 52.7 Å². The fourth-order valence-corrected chi connectivity index (χ4v) is 59.8. The Kier molecular flexibility index (Phi) is 16.8. The molecule has 0 spiro atoms. The molecule has 39 heavy (non-hydrogen) atoms. The Morgan fingerprint density at radius 2 is 0.641 bits per heavy atom. The molecule has 236 valence electrons. The normalized spacial score (nSPS) is 14.6. The van der Waals surface area contributed by atoms with Crippen molar-refractivity contribution in [2.75, 3.05) is 0 Å². The number of hydrogen-bond donors (Lipinski definition) is 0. The molecule has 0 radical (unpaired) electrons. The zero-order valence-electron chi connectivity index (χ0n) is 23.0. The molecule has 0 N–H and O–H groups in total. The second-order valence-electron chi connectivity index (χ2n) is 11.5. The van der Waals surface area contributed by atoms with Crippen LogP contribution >= 0.6 is 0 Å². The van der Waals surface area contributed by atoms with Gasteiger partial charge >= 0.3 is 234 Å². The van der Waals surface area contributed by atoms with Crippen LogP contribution in [0.15, 0.2) is 0 Å². The molecule has 0 bridgehead atoms. The number of hydrogen-bond acceptors (Lipinski definition) is 1. The van der Waals surface area contributed by atoms with Crippen molar-refractivity contribution in [1.82, 2.24) is 0 Å². The Morgan fingerprint density at radius 3 is 0.795 bits per heavy atom. The van der Waals surface area contributed by atoms with Crippen LogP contribution in [0, 0.1) is 11.8 Å². The summed E-state index contributed by atoms with van der Waals surface area (Å²) in [6.07, 6.45) is -24.1.